The summed E-state index contributed by atoms with van der Waals surface area (Å²) in [6.07, 6.45) is -4.89. The molecular weight excluding hydrogens is 1510 g/mol. The van der Waals surface area contributed by atoms with Crippen molar-refractivity contribution in [1.82, 2.24) is 0 Å². The summed E-state index contributed by atoms with van der Waals surface area (Å²) >= 11 is 0. The van der Waals surface area contributed by atoms with E-state index in [4.69, 9.17) is 45.7 Å². The van der Waals surface area contributed by atoms with Gasteiger partial charge >= 0.3 is 0 Å². The van der Waals surface area contributed by atoms with Gasteiger partial charge < -0.3 is 92.7 Å². The Morgan fingerprint density at radius 2 is 0.625 bits per heavy atom. The number of hydrogen-bond donors (Lipinski definition) is 7. The standard InChI is InChI=1S/C13H24NO7.C10H18NO5.2C5H10O3.3Rf/c1-18-5-11(15)7-20-9-13(17)10-21-8-12(16)6-19-4-2-3-14;1-11-3-4-15-6-10(13)8-16-7-9(12)5-14-2;2*1-7-3-5(6)4-8-2;;;/h11-13,15-17H,1-2,4-10H2;9-10,12-13H,2-8H2;2*5-6H,1-4H2;;;/q2*-1;2*-2;;;. The zero-order valence-corrected chi connectivity index (χ0v) is 51.8. The average molecular weight is 1580 g/mol. The van der Waals surface area contributed by atoms with Gasteiger partial charge in [0.25, 0.3) is 0 Å². The Labute approximate surface area is 314 Å². The molecule has 0 rings (SSSR count). The van der Waals surface area contributed by atoms with Crippen LogP contribution in [-0.4, -0.2) is 191 Å². The topological polar surface area (TPSA) is 271 Å². The van der Waals surface area contributed by atoms with E-state index < -0.39 is 42.7 Å². The van der Waals surface area contributed by atoms with Gasteiger partial charge in [0, 0.05) is 39.6 Å². The van der Waals surface area contributed by atoms with Crippen molar-refractivity contribution in [2.45, 2.75) is 49.1 Å². The molecule has 5 atom stereocenters. The number of ether oxygens (including phenoxy) is 11. The van der Waals surface area contributed by atoms with Crippen LogP contribution in [0.5, 0.6) is 0 Å². The van der Waals surface area contributed by atoms with E-state index in [1.165, 1.54) is 0 Å². The fraction of sp³-hybridized carbons (Fsp3) is 0.758. The van der Waals surface area contributed by atoms with Crippen LogP contribution in [0.4, 0.5) is 0 Å². The van der Waals surface area contributed by atoms with Crippen LogP contribution in [0.15, 0.2) is 0 Å². The zero-order valence-electron chi connectivity index (χ0n) is 32.6. The molecule has 5 unspecified atom stereocenters. The second-order valence-corrected chi connectivity index (χ2v) is 10.4. The van der Waals surface area contributed by atoms with E-state index in [9.17, 15) is 25.5 Å². The molecule has 0 aliphatic rings. The molecule has 0 bridgehead atoms. The van der Waals surface area contributed by atoms with Gasteiger partial charge in [-0.25, -0.2) is 49.2 Å². The van der Waals surface area contributed by atoms with Crippen LogP contribution in [0.3, 0.4) is 0 Å². The van der Waals surface area contributed by atoms with Crippen LogP contribution in [0.25, 0.3) is 4.85 Å². The quantitative estimate of drug-likeness (QED) is 0.0290. The molecule has 56 heavy (non-hydrogen) atoms. The van der Waals surface area contributed by atoms with Gasteiger partial charge in [0.05, 0.1) is 96.4 Å². The third-order valence-corrected chi connectivity index (χ3v) is 5.05. The maximum absolute atomic E-state index is 9.53. The van der Waals surface area contributed by atoms with E-state index >= 15 is 0 Å². The van der Waals surface area contributed by atoms with E-state index in [0.29, 0.717) is 6.61 Å². The number of rotatable bonds is 32. The molecule has 0 radical (unpaired) electrons. The van der Waals surface area contributed by atoms with Crippen molar-refractivity contribution < 1.29 is 87.9 Å². The summed E-state index contributed by atoms with van der Waals surface area (Å²) in [7, 11) is 18.5. The van der Waals surface area contributed by atoms with E-state index in [2.05, 4.69) is 75.9 Å². The summed E-state index contributed by atoms with van der Waals surface area (Å²) in [5, 5.41) is 72.5. The molecule has 7 N–H and O–H groups in total. The molecule has 0 aromatic rings. The number of nitriles is 1. The van der Waals surface area contributed by atoms with Gasteiger partial charge in [-0.15, -0.1) is 0 Å². The van der Waals surface area contributed by atoms with Gasteiger partial charge in [0.15, 0.2) is 0 Å². The van der Waals surface area contributed by atoms with Gasteiger partial charge in [-0.1, -0.05) is 0 Å². The number of hydrogen-bond acceptors (Lipinski definition) is 19. The van der Waals surface area contributed by atoms with Gasteiger partial charge in [-0.05, 0) is 0 Å². The SMILES string of the molecule is [C-]#[N+]CCOCC(O)COCC(O)CO[CH2-].[CH2-]OCC(O)COCC(O)COCC(O)COCCC#N.[CH2-]OCC(O)CO[CH2-].[CH2-]OCC(O)CO[CH2-].[Rf].[Rf].[Rf]. The molecule has 324 valence electrons. The average Bonchev–Trinajstić information content (AvgIpc) is 3.10. The predicted molar refractivity (Wildman–Crippen MR) is 186 cm³/mol. The number of aliphatic hydroxyl groups is 7. The van der Waals surface area contributed by atoms with E-state index in [-0.39, 0.29) is 112 Å². The van der Waals surface area contributed by atoms with Gasteiger partial charge in [-0.3, -0.25) is 0 Å². The summed E-state index contributed by atoms with van der Waals surface area (Å²) in [6, 6.07) is 1.92. The Kier molecular flexibility index (Phi) is 64.5. The zero-order chi connectivity index (χ0) is 41.0. The summed E-state index contributed by atoms with van der Waals surface area (Å²) in [5.41, 5.74) is 0. The van der Waals surface area contributed by atoms with Crippen molar-refractivity contribution in [3.05, 3.63) is 54.1 Å². The van der Waals surface area contributed by atoms with Crippen molar-refractivity contribution >= 4 is 0 Å². The minimum Gasteiger partial charge on any atom is -0.553 e. The van der Waals surface area contributed by atoms with Crippen LogP contribution in [0, 0.1) is 60.6 Å². The Morgan fingerprint density at radius 1 is 0.411 bits per heavy atom. The van der Waals surface area contributed by atoms with Crippen LogP contribution in [0.1, 0.15) is 6.42 Å². The molecule has 23 heteroatoms. The van der Waals surface area contributed by atoms with Crippen molar-refractivity contribution in [1.29, 1.82) is 5.26 Å². The Hall–Kier alpha value is -4.74. The maximum Gasteiger partial charge on any atom is 0.237 e. The van der Waals surface area contributed by atoms with Crippen molar-refractivity contribution in [3.8, 4) is 6.07 Å². The second kappa shape index (κ2) is 54.6. The molecule has 0 amide bonds. The van der Waals surface area contributed by atoms with E-state index in [1.54, 1.807) is 0 Å². The summed E-state index contributed by atoms with van der Waals surface area (Å²) in [4.78, 5) is 3.10. The van der Waals surface area contributed by atoms with E-state index in [0.717, 1.165) is 0 Å². The second-order valence-electron chi connectivity index (χ2n) is 10.4. The van der Waals surface area contributed by atoms with Crippen LogP contribution in [0.2, 0.25) is 0 Å². The minimum absolute atomic E-state index is 0. The minimum atomic E-state index is -0.857. The number of aliphatic hydroxyl groups excluding tert-OH is 7. The molecule has 20 nitrogen and oxygen atoms in total. The fourth-order valence-electron chi connectivity index (χ4n) is 2.84. The normalized spacial score (nSPS) is 12.9. The van der Waals surface area contributed by atoms with Gasteiger partial charge in [0.1, 0.15) is 24.9 Å². The van der Waals surface area contributed by atoms with E-state index in [1.807, 2.05) is 6.07 Å². The molecule has 0 aromatic heterocycles. The Balaban J connectivity index is -0.000000121. The fourth-order valence-corrected chi connectivity index (χ4v) is 2.84. The van der Waals surface area contributed by atoms with Crippen LogP contribution >= 0.6 is 0 Å². The van der Waals surface area contributed by atoms with Crippen LogP contribution < -0.4 is 0 Å². The van der Waals surface area contributed by atoms with Gasteiger partial charge in [0.2, 0.25) is 6.54 Å². The smallest absolute Gasteiger partial charge is 0.237 e. The molecule has 0 saturated heterocycles. The molecule has 0 spiro atoms. The molecular formula is C33H62N2O18Rf3-6. The van der Waals surface area contributed by atoms with Crippen molar-refractivity contribution in [3.63, 3.8) is 0 Å². The molecule has 0 aromatic carbocycles. The summed E-state index contributed by atoms with van der Waals surface area (Å²) in [6.45, 7) is 8.67. The largest absolute Gasteiger partial charge is 0.553 e. The molecule has 0 aliphatic carbocycles. The third kappa shape index (κ3) is 61.3. The van der Waals surface area contributed by atoms with Crippen LogP contribution in [-0.2, 0) is 52.1 Å². The maximum atomic E-state index is 9.53. The molecule has 0 heterocycles. The Bertz CT molecular complexity index is 770. The summed E-state index contributed by atoms with van der Waals surface area (Å²) in [5.74, 6) is 0. The first-order valence-corrected chi connectivity index (χ1v) is 16.0. The number of nitrogens with zero attached hydrogens (tertiary/aromatic N) is 2. The third-order valence-electron chi connectivity index (χ3n) is 5.05. The molecule has 0 saturated carbocycles. The summed E-state index contributed by atoms with van der Waals surface area (Å²) < 4.78 is 51.5. The Morgan fingerprint density at radius 3 is 0.857 bits per heavy atom. The predicted octanol–water partition coefficient (Wildman–Crippen LogP) is -1.76. The first-order chi connectivity index (χ1) is 25.4. The monoisotopic (exact) mass is 1580 g/mol. The van der Waals surface area contributed by atoms with Crippen molar-refractivity contribution in [2.24, 2.45) is 0 Å². The first kappa shape index (κ1) is 66.1. The molecule has 0 fully saturated rings. The van der Waals surface area contributed by atoms with Gasteiger partial charge in [-0.2, -0.15) is 5.26 Å². The van der Waals surface area contributed by atoms with Crippen molar-refractivity contribution in [2.75, 3.05) is 112 Å². The first-order valence-electron chi connectivity index (χ1n) is 16.0. The molecule has 0 aliphatic heterocycles.